The lowest BCUT2D eigenvalue weighted by Gasteiger charge is -2.34. The van der Waals surface area contributed by atoms with E-state index in [0.717, 1.165) is 55.2 Å². The van der Waals surface area contributed by atoms with Crippen molar-refractivity contribution in [3.8, 4) is 11.4 Å². The fourth-order valence-corrected chi connectivity index (χ4v) is 3.97. The van der Waals surface area contributed by atoms with Crippen LogP contribution in [-0.4, -0.2) is 81.3 Å². The summed E-state index contributed by atoms with van der Waals surface area (Å²) >= 11 is 0. The van der Waals surface area contributed by atoms with E-state index >= 15 is 0 Å². The van der Waals surface area contributed by atoms with Crippen LogP contribution in [0.25, 0.3) is 11.4 Å². The summed E-state index contributed by atoms with van der Waals surface area (Å²) in [4.78, 5) is 14.4. The quantitative estimate of drug-likeness (QED) is 0.485. The Labute approximate surface area is 198 Å². The molecule has 8 nitrogen and oxygen atoms in total. The average Bonchev–Trinajstić information content (AvgIpc) is 2.82. The summed E-state index contributed by atoms with van der Waals surface area (Å²) in [5.41, 5.74) is 4.14. The molecule has 0 unspecified atom stereocenters. The lowest BCUT2D eigenvalue weighted by molar-refractivity contribution is -0.137. The van der Waals surface area contributed by atoms with Crippen molar-refractivity contribution in [1.82, 2.24) is 14.9 Å². The third kappa shape index (κ3) is 7.11. The van der Waals surface area contributed by atoms with Gasteiger partial charge >= 0.3 is 0 Å². The first kappa shape index (κ1) is 25.4. The van der Waals surface area contributed by atoms with Crippen LogP contribution in [0.1, 0.15) is 31.5 Å². The van der Waals surface area contributed by atoms with Crippen LogP contribution in [0.2, 0.25) is 0 Å². The summed E-state index contributed by atoms with van der Waals surface area (Å²) in [6.07, 6.45) is 0.509. The first-order valence-electron chi connectivity index (χ1n) is 11.9. The first-order valence-corrected chi connectivity index (χ1v) is 11.9. The second-order valence-electron chi connectivity index (χ2n) is 8.29. The third-order valence-electron chi connectivity index (χ3n) is 5.87. The van der Waals surface area contributed by atoms with Gasteiger partial charge in [-0.25, -0.2) is 9.97 Å². The van der Waals surface area contributed by atoms with Gasteiger partial charge in [-0.05, 0) is 52.1 Å². The van der Waals surface area contributed by atoms with Gasteiger partial charge in [0.1, 0.15) is 5.82 Å². The number of piperazine rings is 1. The molecule has 2 aromatic rings. The van der Waals surface area contributed by atoms with Gasteiger partial charge in [-0.15, -0.1) is 0 Å². The Balaban J connectivity index is 1.75. The zero-order valence-electron chi connectivity index (χ0n) is 20.8. The largest absolute Gasteiger partial charge is 0.380 e. The molecule has 3 rings (SSSR count). The summed E-state index contributed by atoms with van der Waals surface area (Å²) in [5.74, 6) is 1.51. The summed E-state index contributed by atoms with van der Waals surface area (Å²) in [5, 5.41) is 3.46. The van der Waals surface area contributed by atoms with Gasteiger partial charge in [0, 0.05) is 82.0 Å². The van der Waals surface area contributed by atoms with Crippen molar-refractivity contribution >= 4 is 11.5 Å². The fraction of sp³-hybridized carbons (Fsp3) is 0.600. The molecule has 1 aromatic carbocycles. The monoisotopic (exact) mass is 457 g/mol. The number of nitrogens with one attached hydrogen (secondary N) is 1. The van der Waals surface area contributed by atoms with Crippen LogP contribution in [0.4, 0.5) is 11.5 Å². The maximum absolute atomic E-state index is 5.66. The van der Waals surface area contributed by atoms with Crippen LogP contribution in [-0.2, 0) is 20.8 Å². The van der Waals surface area contributed by atoms with Gasteiger partial charge in [-0.1, -0.05) is 0 Å². The number of hydrogen-bond acceptors (Lipinski definition) is 8. The minimum atomic E-state index is -0.220. The molecule has 33 heavy (non-hydrogen) atoms. The van der Waals surface area contributed by atoms with Crippen LogP contribution in [0, 0.1) is 6.92 Å². The predicted octanol–water partition coefficient (Wildman–Crippen LogP) is 3.55. The lowest BCUT2D eigenvalue weighted by atomic mass is 10.1. The second kappa shape index (κ2) is 12.8. The molecule has 1 fully saturated rings. The molecule has 8 heteroatoms. The Hall–Kier alpha value is -2.26. The van der Waals surface area contributed by atoms with E-state index in [1.807, 2.05) is 20.8 Å². The van der Waals surface area contributed by atoms with E-state index in [0.29, 0.717) is 32.2 Å². The molecule has 0 amide bonds. The van der Waals surface area contributed by atoms with Gasteiger partial charge in [-0.2, -0.15) is 0 Å². The van der Waals surface area contributed by atoms with Gasteiger partial charge in [0.05, 0.1) is 6.61 Å². The Morgan fingerprint density at radius 1 is 1.00 bits per heavy atom. The molecule has 1 aromatic heterocycles. The molecular formula is C25H39N5O3. The highest BCUT2D eigenvalue weighted by Crippen LogP contribution is 2.26. The van der Waals surface area contributed by atoms with E-state index in [4.69, 9.17) is 24.2 Å². The number of nitrogens with zero attached hydrogens (tertiary/aromatic N) is 4. The number of ether oxygens (including phenoxy) is 3. The van der Waals surface area contributed by atoms with Crippen molar-refractivity contribution in [3.05, 3.63) is 35.5 Å². The molecule has 0 radical (unpaired) electrons. The van der Waals surface area contributed by atoms with Crippen molar-refractivity contribution in [2.45, 2.75) is 40.1 Å². The number of methoxy groups -OCH3 is 1. The molecule has 182 valence electrons. The van der Waals surface area contributed by atoms with Gasteiger partial charge in [0.2, 0.25) is 0 Å². The van der Waals surface area contributed by atoms with E-state index in [-0.39, 0.29) is 6.29 Å². The zero-order valence-corrected chi connectivity index (χ0v) is 20.8. The van der Waals surface area contributed by atoms with Crippen LogP contribution in [0.15, 0.2) is 24.3 Å². The van der Waals surface area contributed by atoms with Gasteiger partial charge in [0.25, 0.3) is 0 Å². The Morgan fingerprint density at radius 3 is 2.27 bits per heavy atom. The smallest absolute Gasteiger partial charge is 0.161 e. The van der Waals surface area contributed by atoms with Crippen molar-refractivity contribution < 1.29 is 14.2 Å². The van der Waals surface area contributed by atoms with Gasteiger partial charge < -0.3 is 29.3 Å². The van der Waals surface area contributed by atoms with E-state index in [9.17, 15) is 0 Å². The van der Waals surface area contributed by atoms with E-state index in [1.165, 1.54) is 5.69 Å². The lowest BCUT2D eigenvalue weighted by Crippen LogP contribution is -2.44. The number of hydrogen-bond donors (Lipinski definition) is 1. The summed E-state index contributed by atoms with van der Waals surface area (Å²) in [7, 11) is 3.86. The van der Waals surface area contributed by atoms with E-state index in [2.05, 4.69) is 46.4 Å². The maximum Gasteiger partial charge on any atom is 0.161 e. The number of rotatable bonds is 12. The normalized spacial score (nSPS) is 14.8. The molecule has 0 saturated carbocycles. The molecule has 1 aliphatic rings. The molecule has 1 saturated heterocycles. The minimum Gasteiger partial charge on any atom is -0.380 e. The highest BCUT2D eigenvalue weighted by molar-refractivity contribution is 5.63. The second-order valence-corrected chi connectivity index (χ2v) is 8.29. The van der Waals surface area contributed by atoms with Crippen molar-refractivity contribution in [2.75, 3.05) is 70.3 Å². The van der Waals surface area contributed by atoms with Crippen LogP contribution < -0.4 is 10.2 Å². The molecule has 1 aliphatic heterocycles. The first-order chi connectivity index (χ1) is 16.0. The molecule has 1 N–H and O–H groups in total. The topological polar surface area (TPSA) is 72.0 Å². The van der Waals surface area contributed by atoms with Gasteiger partial charge in [-0.3, -0.25) is 0 Å². The average molecular weight is 458 g/mol. The number of anilines is 2. The maximum atomic E-state index is 5.66. The Kier molecular flexibility index (Phi) is 9.87. The van der Waals surface area contributed by atoms with Crippen LogP contribution >= 0.6 is 0 Å². The summed E-state index contributed by atoms with van der Waals surface area (Å²) in [6.45, 7) is 12.6. The van der Waals surface area contributed by atoms with E-state index in [1.54, 1.807) is 7.11 Å². The Morgan fingerprint density at radius 2 is 1.67 bits per heavy atom. The zero-order chi connectivity index (χ0) is 23.6. The minimum absolute atomic E-state index is 0.220. The molecular weight excluding hydrogens is 418 g/mol. The standard InChI is InChI=1S/C25H39N5O3/c1-6-32-23(33-7-2)12-13-26-25-22(18-31-5)19(3)27-24(28-25)20-8-10-21(11-9-20)30-16-14-29(4)15-17-30/h8-11,23H,6-7,12-18H2,1-5H3,(H,26,27,28). The number of aryl methyl sites for hydroxylation is 1. The number of aromatic nitrogens is 2. The van der Waals surface area contributed by atoms with Crippen LogP contribution in [0.5, 0.6) is 0 Å². The highest BCUT2D eigenvalue weighted by atomic mass is 16.7. The van der Waals surface area contributed by atoms with Crippen molar-refractivity contribution in [3.63, 3.8) is 0 Å². The highest BCUT2D eigenvalue weighted by Gasteiger charge is 2.16. The fourth-order valence-electron chi connectivity index (χ4n) is 3.97. The molecule has 2 heterocycles. The molecule has 0 atom stereocenters. The van der Waals surface area contributed by atoms with Crippen molar-refractivity contribution in [1.29, 1.82) is 0 Å². The molecule has 0 aliphatic carbocycles. The van der Waals surface area contributed by atoms with E-state index < -0.39 is 0 Å². The number of benzene rings is 1. The SMILES string of the molecule is CCOC(CCNc1nc(-c2ccc(N3CCN(C)CC3)cc2)nc(C)c1COC)OCC. The molecule has 0 spiro atoms. The van der Waals surface area contributed by atoms with Crippen molar-refractivity contribution in [2.24, 2.45) is 0 Å². The summed E-state index contributed by atoms with van der Waals surface area (Å²) in [6, 6.07) is 8.57. The Bertz CT molecular complexity index is 848. The molecule has 0 bridgehead atoms. The predicted molar refractivity (Wildman–Crippen MR) is 133 cm³/mol. The van der Waals surface area contributed by atoms with Gasteiger partial charge in [0.15, 0.2) is 12.1 Å². The summed E-state index contributed by atoms with van der Waals surface area (Å²) < 4.78 is 16.7. The van der Waals surface area contributed by atoms with Crippen LogP contribution in [0.3, 0.4) is 0 Å². The number of likely N-dealkylation sites (N-methyl/N-ethyl adjacent to an activating group) is 1. The third-order valence-corrected chi connectivity index (χ3v) is 5.87.